The Bertz CT molecular complexity index is 1290. The summed E-state index contributed by atoms with van der Waals surface area (Å²) in [5.41, 5.74) is 3.51. The van der Waals surface area contributed by atoms with Crippen LogP contribution in [0.15, 0.2) is 77.6 Å². The number of nitrogens with one attached hydrogen (secondary N) is 1. The second-order valence-corrected chi connectivity index (χ2v) is 8.57. The van der Waals surface area contributed by atoms with Crippen LogP contribution in [-0.4, -0.2) is 40.8 Å². The fourth-order valence-electron chi connectivity index (χ4n) is 4.19. The van der Waals surface area contributed by atoms with Crippen LogP contribution in [0, 0.1) is 0 Å². The van der Waals surface area contributed by atoms with Crippen molar-refractivity contribution in [2.24, 2.45) is 0 Å². The predicted molar refractivity (Wildman–Crippen MR) is 127 cm³/mol. The van der Waals surface area contributed by atoms with Crippen molar-refractivity contribution in [2.45, 2.75) is 18.9 Å². The molecule has 1 saturated heterocycles. The number of amides is 2. The van der Waals surface area contributed by atoms with Crippen LogP contribution < -0.4 is 5.32 Å². The Hall–Kier alpha value is -3.64. The Morgan fingerprint density at radius 1 is 1.03 bits per heavy atom. The van der Waals surface area contributed by atoms with Gasteiger partial charge in [0.15, 0.2) is 0 Å². The molecular formula is C26H22ClN3O3. The zero-order valence-corrected chi connectivity index (χ0v) is 18.6. The normalized spacial score (nSPS) is 14.4. The Balaban J connectivity index is 1.34. The lowest BCUT2D eigenvalue weighted by molar-refractivity contribution is 0.0697. The second-order valence-electron chi connectivity index (χ2n) is 8.13. The summed E-state index contributed by atoms with van der Waals surface area (Å²) in [5.74, 6) is -0.176. The van der Waals surface area contributed by atoms with Crippen LogP contribution in [-0.2, 0) is 0 Å². The van der Waals surface area contributed by atoms with E-state index in [0.717, 1.165) is 22.2 Å². The Morgan fingerprint density at radius 2 is 1.79 bits per heavy atom. The highest BCUT2D eigenvalue weighted by molar-refractivity contribution is 6.30. The van der Waals surface area contributed by atoms with Crippen molar-refractivity contribution in [1.82, 2.24) is 15.2 Å². The SMILES string of the molecule is O=C(NC1CCN(C(=O)c2ccoc2)CC1)c1cc(-c2ccc(Cl)cc2)nc2ccccc12. The monoisotopic (exact) mass is 459 g/mol. The van der Waals surface area contributed by atoms with E-state index in [4.69, 9.17) is 21.0 Å². The molecule has 0 bridgehead atoms. The summed E-state index contributed by atoms with van der Waals surface area (Å²) in [4.78, 5) is 32.4. The number of carbonyl (C=O) groups is 2. The van der Waals surface area contributed by atoms with Gasteiger partial charge in [-0.1, -0.05) is 41.9 Å². The first-order chi connectivity index (χ1) is 16.1. The molecule has 0 spiro atoms. The molecular weight excluding hydrogens is 438 g/mol. The molecule has 7 heteroatoms. The number of para-hydroxylation sites is 1. The van der Waals surface area contributed by atoms with Gasteiger partial charge in [0.05, 0.1) is 28.6 Å². The van der Waals surface area contributed by atoms with Gasteiger partial charge >= 0.3 is 0 Å². The number of halogens is 1. The highest BCUT2D eigenvalue weighted by atomic mass is 35.5. The molecule has 2 amide bonds. The third-order valence-electron chi connectivity index (χ3n) is 5.99. The van der Waals surface area contributed by atoms with Gasteiger partial charge in [-0.3, -0.25) is 9.59 Å². The van der Waals surface area contributed by atoms with E-state index in [9.17, 15) is 9.59 Å². The first kappa shape index (κ1) is 21.2. The molecule has 0 aliphatic carbocycles. The number of furan rings is 1. The van der Waals surface area contributed by atoms with Crippen LogP contribution in [0.25, 0.3) is 22.2 Å². The topological polar surface area (TPSA) is 75.4 Å². The molecule has 0 unspecified atom stereocenters. The number of hydrogen-bond acceptors (Lipinski definition) is 4. The lowest BCUT2D eigenvalue weighted by Gasteiger charge is -2.32. The van der Waals surface area contributed by atoms with Crippen molar-refractivity contribution in [3.63, 3.8) is 0 Å². The number of rotatable bonds is 4. The van der Waals surface area contributed by atoms with Gasteiger partial charge in [-0.25, -0.2) is 4.98 Å². The van der Waals surface area contributed by atoms with Crippen LogP contribution >= 0.6 is 11.6 Å². The number of pyridine rings is 1. The van der Waals surface area contributed by atoms with Crippen LogP contribution in [0.3, 0.4) is 0 Å². The standard InChI is InChI=1S/C26H22ClN3O3/c27-19-7-5-17(6-8-19)24-15-22(21-3-1-2-4-23(21)29-24)25(31)28-20-9-12-30(13-10-20)26(32)18-11-14-33-16-18/h1-8,11,14-16,20H,9-10,12-13H2,(H,28,31). The van der Waals surface area contributed by atoms with Gasteiger partial charge in [0.1, 0.15) is 6.26 Å². The number of carbonyl (C=O) groups excluding carboxylic acids is 2. The fraction of sp³-hybridized carbons (Fsp3) is 0.192. The number of aromatic nitrogens is 1. The molecule has 5 rings (SSSR count). The van der Waals surface area contributed by atoms with E-state index in [2.05, 4.69) is 5.32 Å². The predicted octanol–water partition coefficient (Wildman–Crippen LogP) is 5.18. The number of fused-ring (bicyclic) bond motifs is 1. The van der Waals surface area contributed by atoms with Crippen molar-refractivity contribution in [2.75, 3.05) is 13.1 Å². The van der Waals surface area contributed by atoms with Crippen molar-refractivity contribution in [3.8, 4) is 11.3 Å². The smallest absolute Gasteiger partial charge is 0.257 e. The van der Waals surface area contributed by atoms with E-state index in [0.29, 0.717) is 42.1 Å². The molecule has 6 nitrogen and oxygen atoms in total. The minimum atomic E-state index is -0.136. The molecule has 33 heavy (non-hydrogen) atoms. The maximum Gasteiger partial charge on any atom is 0.257 e. The van der Waals surface area contributed by atoms with E-state index in [-0.39, 0.29) is 17.9 Å². The van der Waals surface area contributed by atoms with Gasteiger partial charge in [0.25, 0.3) is 11.8 Å². The van der Waals surface area contributed by atoms with Gasteiger partial charge in [-0.15, -0.1) is 0 Å². The fourth-order valence-corrected chi connectivity index (χ4v) is 4.32. The number of nitrogens with zero attached hydrogens (tertiary/aromatic N) is 2. The Morgan fingerprint density at radius 3 is 2.52 bits per heavy atom. The largest absolute Gasteiger partial charge is 0.472 e. The van der Waals surface area contributed by atoms with Gasteiger partial charge in [0.2, 0.25) is 0 Å². The summed E-state index contributed by atoms with van der Waals surface area (Å²) in [6.07, 6.45) is 4.35. The van der Waals surface area contributed by atoms with Crippen molar-refractivity contribution in [1.29, 1.82) is 0 Å². The second kappa shape index (κ2) is 9.08. The third-order valence-corrected chi connectivity index (χ3v) is 6.24. The van der Waals surface area contributed by atoms with Gasteiger partial charge < -0.3 is 14.6 Å². The molecule has 1 aliphatic rings. The summed E-state index contributed by atoms with van der Waals surface area (Å²) in [6.45, 7) is 1.17. The zero-order valence-electron chi connectivity index (χ0n) is 17.8. The summed E-state index contributed by atoms with van der Waals surface area (Å²) in [5, 5.41) is 4.62. The molecule has 3 heterocycles. The minimum absolute atomic E-state index is 0.00295. The maximum absolute atomic E-state index is 13.3. The summed E-state index contributed by atoms with van der Waals surface area (Å²) >= 11 is 6.03. The van der Waals surface area contributed by atoms with Crippen molar-refractivity contribution < 1.29 is 14.0 Å². The summed E-state index contributed by atoms with van der Waals surface area (Å²) < 4.78 is 5.02. The molecule has 1 fully saturated rings. The van der Waals surface area contributed by atoms with Gasteiger partial charge in [0, 0.05) is 35.1 Å². The van der Waals surface area contributed by atoms with Gasteiger partial charge in [-0.05, 0) is 43.2 Å². The Labute approximate surface area is 196 Å². The van der Waals surface area contributed by atoms with Crippen LogP contribution in [0.4, 0.5) is 0 Å². The summed E-state index contributed by atoms with van der Waals surface area (Å²) in [6, 6.07) is 18.6. The van der Waals surface area contributed by atoms with Crippen LogP contribution in [0.2, 0.25) is 5.02 Å². The lowest BCUT2D eigenvalue weighted by atomic mass is 10.0. The molecule has 0 radical (unpaired) electrons. The van der Waals surface area contributed by atoms with E-state index in [1.807, 2.05) is 54.6 Å². The number of likely N-dealkylation sites (tertiary alicyclic amines) is 1. The van der Waals surface area contributed by atoms with E-state index >= 15 is 0 Å². The molecule has 2 aromatic carbocycles. The molecule has 1 N–H and O–H groups in total. The first-order valence-corrected chi connectivity index (χ1v) is 11.2. The minimum Gasteiger partial charge on any atom is -0.472 e. The van der Waals surface area contributed by atoms with Crippen molar-refractivity contribution in [3.05, 3.63) is 89.3 Å². The molecule has 2 aromatic heterocycles. The molecule has 4 aromatic rings. The highest BCUT2D eigenvalue weighted by Crippen LogP contribution is 2.26. The Kier molecular flexibility index (Phi) is 5.84. The lowest BCUT2D eigenvalue weighted by Crippen LogP contribution is -2.46. The average Bonchev–Trinajstić information content (AvgIpc) is 3.39. The summed E-state index contributed by atoms with van der Waals surface area (Å²) in [7, 11) is 0. The van der Waals surface area contributed by atoms with Crippen LogP contribution in [0.1, 0.15) is 33.6 Å². The van der Waals surface area contributed by atoms with E-state index in [1.165, 1.54) is 12.5 Å². The molecule has 1 aliphatic heterocycles. The van der Waals surface area contributed by atoms with E-state index in [1.54, 1.807) is 11.0 Å². The molecule has 166 valence electrons. The molecule has 0 atom stereocenters. The number of benzene rings is 2. The maximum atomic E-state index is 13.3. The number of hydrogen-bond donors (Lipinski definition) is 1. The number of piperidine rings is 1. The third kappa shape index (κ3) is 4.47. The quantitative estimate of drug-likeness (QED) is 0.456. The van der Waals surface area contributed by atoms with E-state index < -0.39 is 0 Å². The van der Waals surface area contributed by atoms with Crippen LogP contribution in [0.5, 0.6) is 0 Å². The highest BCUT2D eigenvalue weighted by Gasteiger charge is 2.26. The first-order valence-electron chi connectivity index (χ1n) is 10.9. The molecule has 0 saturated carbocycles. The van der Waals surface area contributed by atoms with Crippen molar-refractivity contribution >= 4 is 34.3 Å². The average molecular weight is 460 g/mol. The zero-order chi connectivity index (χ0) is 22.8. The van der Waals surface area contributed by atoms with Gasteiger partial charge in [-0.2, -0.15) is 0 Å².